The standard InChI is InChI=1S/C14H18N2O3/c1-10(2)5-7-19-12-4-3-6-16-9-11(8-13(17)18)15-14(12)16/h3-4,6,9-10H,5,7-8H2,1-2H3,(H,17,18). The third kappa shape index (κ3) is 3.47. The molecule has 0 unspecified atom stereocenters. The molecule has 0 radical (unpaired) electrons. The first-order chi connectivity index (χ1) is 9.06. The number of carboxylic acid groups (broad SMARTS) is 1. The number of hydrogen-bond acceptors (Lipinski definition) is 3. The maximum atomic E-state index is 10.7. The second-order valence-electron chi connectivity index (χ2n) is 4.94. The summed E-state index contributed by atoms with van der Waals surface area (Å²) in [4.78, 5) is 15.0. The Labute approximate surface area is 111 Å². The van der Waals surface area contributed by atoms with Crippen molar-refractivity contribution in [3.8, 4) is 5.75 Å². The van der Waals surface area contributed by atoms with Gasteiger partial charge in [-0.2, -0.15) is 0 Å². The summed E-state index contributed by atoms with van der Waals surface area (Å²) in [5, 5.41) is 8.78. The van der Waals surface area contributed by atoms with E-state index in [1.807, 2.05) is 18.3 Å². The zero-order chi connectivity index (χ0) is 13.8. The Balaban J connectivity index is 2.19. The largest absolute Gasteiger partial charge is 0.490 e. The first kappa shape index (κ1) is 13.4. The quantitative estimate of drug-likeness (QED) is 0.868. The van der Waals surface area contributed by atoms with Crippen LogP contribution < -0.4 is 4.74 Å². The minimum Gasteiger partial charge on any atom is -0.490 e. The van der Waals surface area contributed by atoms with Gasteiger partial charge in [-0.1, -0.05) is 13.8 Å². The molecule has 19 heavy (non-hydrogen) atoms. The Morgan fingerprint density at radius 3 is 3.00 bits per heavy atom. The summed E-state index contributed by atoms with van der Waals surface area (Å²) >= 11 is 0. The number of nitrogens with zero attached hydrogens (tertiary/aromatic N) is 2. The molecule has 5 heteroatoms. The van der Waals surface area contributed by atoms with E-state index in [0.717, 1.165) is 6.42 Å². The highest BCUT2D eigenvalue weighted by Gasteiger charge is 2.09. The summed E-state index contributed by atoms with van der Waals surface area (Å²) in [6.45, 7) is 4.92. The van der Waals surface area contributed by atoms with Crippen molar-refractivity contribution in [2.45, 2.75) is 26.7 Å². The van der Waals surface area contributed by atoms with Crippen LogP contribution in [0.5, 0.6) is 5.75 Å². The number of aromatic nitrogens is 2. The summed E-state index contributed by atoms with van der Waals surface area (Å²) in [5.74, 6) is 0.396. The van der Waals surface area contributed by atoms with Crippen LogP contribution in [0.25, 0.3) is 5.65 Å². The molecule has 0 bridgehead atoms. The molecule has 2 aromatic rings. The molecule has 0 atom stereocenters. The third-order valence-corrected chi connectivity index (χ3v) is 2.78. The number of ether oxygens (including phenoxy) is 1. The average Bonchev–Trinajstić information content (AvgIpc) is 2.70. The number of rotatable bonds is 6. The van der Waals surface area contributed by atoms with Gasteiger partial charge in [-0.3, -0.25) is 4.79 Å². The van der Waals surface area contributed by atoms with Gasteiger partial charge >= 0.3 is 5.97 Å². The third-order valence-electron chi connectivity index (χ3n) is 2.78. The van der Waals surface area contributed by atoms with Crippen LogP contribution in [0.15, 0.2) is 24.5 Å². The van der Waals surface area contributed by atoms with Crippen molar-refractivity contribution in [1.82, 2.24) is 9.38 Å². The van der Waals surface area contributed by atoms with Crippen LogP contribution in [-0.2, 0) is 11.2 Å². The second-order valence-corrected chi connectivity index (χ2v) is 4.94. The number of aliphatic carboxylic acids is 1. The summed E-state index contributed by atoms with van der Waals surface area (Å²) < 4.78 is 7.51. The lowest BCUT2D eigenvalue weighted by Crippen LogP contribution is -2.02. The predicted molar refractivity (Wildman–Crippen MR) is 71.5 cm³/mol. The van der Waals surface area contributed by atoms with Gasteiger partial charge < -0.3 is 14.2 Å². The molecule has 102 valence electrons. The maximum absolute atomic E-state index is 10.7. The Kier molecular flexibility index (Phi) is 4.04. The SMILES string of the molecule is CC(C)CCOc1cccn2cc(CC(=O)O)nc12. The molecule has 1 N–H and O–H groups in total. The highest BCUT2D eigenvalue weighted by molar-refractivity contribution is 5.70. The van der Waals surface area contributed by atoms with Gasteiger partial charge in [0.1, 0.15) is 0 Å². The molecule has 0 saturated heterocycles. The van der Waals surface area contributed by atoms with E-state index in [9.17, 15) is 4.79 Å². The van der Waals surface area contributed by atoms with Crippen molar-refractivity contribution in [1.29, 1.82) is 0 Å². The van der Waals surface area contributed by atoms with Gasteiger partial charge in [-0.05, 0) is 24.5 Å². The van der Waals surface area contributed by atoms with Crippen molar-refractivity contribution in [3.05, 3.63) is 30.2 Å². The topological polar surface area (TPSA) is 63.8 Å². The molecule has 0 amide bonds. The van der Waals surface area contributed by atoms with Crippen LogP contribution in [0.1, 0.15) is 26.0 Å². The number of carboxylic acids is 1. The minimum absolute atomic E-state index is 0.0763. The molecule has 2 aromatic heterocycles. The monoisotopic (exact) mass is 262 g/mol. The number of pyridine rings is 1. The molecule has 0 fully saturated rings. The van der Waals surface area contributed by atoms with Crippen molar-refractivity contribution in [2.24, 2.45) is 5.92 Å². The zero-order valence-electron chi connectivity index (χ0n) is 11.2. The van der Waals surface area contributed by atoms with Gasteiger partial charge in [0.15, 0.2) is 11.4 Å². The number of carbonyl (C=O) groups is 1. The first-order valence-corrected chi connectivity index (χ1v) is 6.37. The van der Waals surface area contributed by atoms with Gasteiger partial charge in [0, 0.05) is 12.4 Å². The Hall–Kier alpha value is -2.04. The van der Waals surface area contributed by atoms with Crippen LogP contribution in [0.2, 0.25) is 0 Å². The van der Waals surface area contributed by atoms with E-state index in [1.165, 1.54) is 0 Å². The van der Waals surface area contributed by atoms with Crippen molar-refractivity contribution >= 4 is 11.6 Å². The van der Waals surface area contributed by atoms with E-state index < -0.39 is 5.97 Å². The second kappa shape index (κ2) is 5.73. The fourth-order valence-electron chi connectivity index (χ4n) is 1.80. The highest BCUT2D eigenvalue weighted by Crippen LogP contribution is 2.19. The maximum Gasteiger partial charge on any atom is 0.309 e. The fraction of sp³-hybridized carbons (Fsp3) is 0.429. The molecule has 0 saturated carbocycles. The van der Waals surface area contributed by atoms with Crippen molar-refractivity contribution < 1.29 is 14.6 Å². The van der Waals surface area contributed by atoms with Crippen LogP contribution in [0.3, 0.4) is 0 Å². The number of hydrogen-bond donors (Lipinski definition) is 1. The molecule has 0 aliphatic rings. The van der Waals surface area contributed by atoms with Gasteiger partial charge in [0.25, 0.3) is 0 Å². The summed E-state index contributed by atoms with van der Waals surface area (Å²) in [7, 11) is 0. The smallest absolute Gasteiger partial charge is 0.309 e. The van der Waals surface area contributed by atoms with Crippen LogP contribution >= 0.6 is 0 Å². The van der Waals surface area contributed by atoms with Gasteiger partial charge in [0.2, 0.25) is 0 Å². The summed E-state index contributed by atoms with van der Waals surface area (Å²) in [5.41, 5.74) is 1.20. The van der Waals surface area contributed by atoms with Crippen molar-refractivity contribution in [3.63, 3.8) is 0 Å². The molecular weight excluding hydrogens is 244 g/mol. The molecule has 2 heterocycles. The predicted octanol–water partition coefficient (Wildman–Crippen LogP) is 2.39. The fourth-order valence-corrected chi connectivity index (χ4v) is 1.80. The average molecular weight is 262 g/mol. The van der Waals surface area contributed by atoms with Crippen molar-refractivity contribution in [2.75, 3.05) is 6.61 Å². The van der Waals surface area contributed by atoms with Gasteiger partial charge in [-0.15, -0.1) is 0 Å². The number of fused-ring (bicyclic) bond motifs is 1. The molecule has 2 rings (SSSR count). The van der Waals surface area contributed by atoms with Crippen LogP contribution in [0.4, 0.5) is 0 Å². The van der Waals surface area contributed by atoms with Gasteiger partial charge in [0.05, 0.1) is 18.7 Å². The molecule has 0 aliphatic carbocycles. The van der Waals surface area contributed by atoms with Crippen LogP contribution in [0, 0.1) is 5.92 Å². The Morgan fingerprint density at radius 1 is 1.53 bits per heavy atom. The molecule has 0 spiro atoms. The molecule has 5 nitrogen and oxygen atoms in total. The van der Waals surface area contributed by atoms with E-state index in [-0.39, 0.29) is 6.42 Å². The lowest BCUT2D eigenvalue weighted by Gasteiger charge is -2.08. The van der Waals surface area contributed by atoms with Crippen LogP contribution in [-0.4, -0.2) is 27.1 Å². The zero-order valence-corrected chi connectivity index (χ0v) is 11.2. The summed E-state index contributed by atoms with van der Waals surface area (Å²) in [6, 6.07) is 3.72. The molecular formula is C14H18N2O3. The Morgan fingerprint density at radius 2 is 2.32 bits per heavy atom. The Bertz CT molecular complexity index is 575. The number of imidazole rings is 1. The van der Waals surface area contributed by atoms with E-state index >= 15 is 0 Å². The summed E-state index contributed by atoms with van der Waals surface area (Å²) in [6.07, 6.45) is 4.46. The molecule has 0 aliphatic heterocycles. The first-order valence-electron chi connectivity index (χ1n) is 6.37. The van der Waals surface area contributed by atoms with E-state index in [4.69, 9.17) is 9.84 Å². The van der Waals surface area contributed by atoms with E-state index in [0.29, 0.717) is 29.6 Å². The normalized spacial score (nSPS) is 11.1. The van der Waals surface area contributed by atoms with E-state index in [1.54, 1.807) is 10.6 Å². The minimum atomic E-state index is -0.884. The van der Waals surface area contributed by atoms with Gasteiger partial charge in [-0.25, -0.2) is 4.98 Å². The van der Waals surface area contributed by atoms with E-state index in [2.05, 4.69) is 18.8 Å². The highest BCUT2D eigenvalue weighted by atomic mass is 16.5. The lowest BCUT2D eigenvalue weighted by molar-refractivity contribution is -0.136. The molecule has 0 aromatic carbocycles. The lowest BCUT2D eigenvalue weighted by atomic mass is 10.1.